The van der Waals surface area contributed by atoms with Crippen molar-refractivity contribution in [1.82, 2.24) is 5.32 Å². The number of carbonyl (C=O) groups excluding carboxylic acids is 2. The minimum Gasteiger partial charge on any atom is -0.354 e. The van der Waals surface area contributed by atoms with Crippen LogP contribution in [0.2, 0.25) is 0 Å². The third-order valence-electron chi connectivity index (χ3n) is 1.47. The summed E-state index contributed by atoms with van der Waals surface area (Å²) in [4.78, 5) is 21.0. The van der Waals surface area contributed by atoms with Crippen LogP contribution in [-0.2, 0) is 14.3 Å². The molecule has 1 N–H and O–H groups in total. The molecule has 2 atom stereocenters. The largest absolute Gasteiger partial charge is 0.354 e. The molecule has 1 fully saturated rings. The van der Waals surface area contributed by atoms with E-state index >= 15 is 0 Å². The highest BCUT2D eigenvalue weighted by Crippen LogP contribution is 2.19. The third-order valence-corrected chi connectivity index (χ3v) is 1.47. The molecule has 1 amide bonds. The molecule has 0 aliphatic carbocycles. The number of ether oxygens (including phenoxy) is 1. The lowest BCUT2D eigenvalue weighted by atomic mass is 10.3. The predicted molar refractivity (Wildman–Crippen MR) is 38.0 cm³/mol. The van der Waals surface area contributed by atoms with Gasteiger partial charge in [0.2, 0.25) is 0 Å². The van der Waals surface area contributed by atoms with Crippen LogP contribution in [-0.4, -0.2) is 30.9 Å². The summed E-state index contributed by atoms with van der Waals surface area (Å²) >= 11 is 0. The molecule has 11 heavy (non-hydrogen) atoms. The molecule has 1 rings (SSSR count). The van der Waals surface area contributed by atoms with Gasteiger partial charge in [0.15, 0.2) is 12.4 Å². The van der Waals surface area contributed by atoms with Crippen LogP contribution in [0.3, 0.4) is 0 Å². The lowest BCUT2D eigenvalue weighted by Crippen LogP contribution is -2.29. The van der Waals surface area contributed by atoms with E-state index < -0.39 is 12.2 Å². The number of epoxide rings is 1. The maximum Gasteiger partial charge on any atom is 0.252 e. The van der Waals surface area contributed by atoms with Gasteiger partial charge < -0.3 is 14.8 Å². The standard InChI is InChI=1S/C7H11NO3/c1-2-3-8-7(10)6-5(4-9)11-6/h4-6H,2-3H2,1H3,(H,8,10)/t5-,6+/m1/s1. The van der Waals surface area contributed by atoms with Gasteiger partial charge in [-0.1, -0.05) is 6.92 Å². The van der Waals surface area contributed by atoms with Crippen LogP contribution in [0.25, 0.3) is 0 Å². The van der Waals surface area contributed by atoms with E-state index in [1.165, 1.54) is 0 Å². The zero-order valence-corrected chi connectivity index (χ0v) is 6.37. The van der Waals surface area contributed by atoms with E-state index in [9.17, 15) is 9.59 Å². The zero-order chi connectivity index (χ0) is 8.27. The van der Waals surface area contributed by atoms with Crippen LogP contribution in [0.15, 0.2) is 0 Å². The molecule has 0 radical (unpaired) electrons. The molecular formula is C7H11NO3. The predicted octanol–water partition coefficient (Wildman–Crippen LogP) is -0.521. The van der Waals surface area contributed by atoms with Gasteiger partial charge in [0.1, 0.15) is 6.10 Å². The van der Waals surface area contributed by atoms with Gasteiger partial charge in [0, 0.05) is 6.54 Å². The molecule has 1 saturated heterocycles. The van der Waals surface area contributed by atoms with Gasteiger partial charge in [-0.05, 0) is 6.42 Å². The van der Waals surface area contributed by atoms with E-state index in [-0.39, 0.29) is 5.91 Å². The number of nitrogens with one attached hydrogen (secondary N) is 1. The van der Waals surface area contributed by atoms with Crippen molar-refractivity contribution in [3.8, 4) is 0 Å². The normalized spacial score (nSPS) is 27.7. The highest BCUT2D eigenvalue weighted by molar-refractivity contribution is 5.88. The van der Waals surface area contributed by atoms with Gasteiger partial charge in [-0.25, -0.2) is 0 Å². The Hall–Kier alpha value is -0.900. The second-order valence-electron chi connectivity index (χ2n) is 2.45. The van der Waals surface area contributed by atoms with Gasteiger partial charge in [-0.3, -0.25) is 4.79 Å². The number of carbonyl (C=O) groups is 2. The molecule has 0 saturated carbocycles. The summed E-state index contributed by atoms with van der Waals surface area (Å²) in [6, 6.07) is 0. The van der Waals surface area contributed by atoms with Gasteiger partial charge >= 0.3 is 0 Å². The average Bonchev–Trinajstić information content (AvgIpc) is 2.78. The fourth-order valence-electron chi connectivity index (χ4n) is 0.787. The molecule has 0 unspecified atom stereocenters. The number of amides is 1. The minimum absolute atomic E-state index is 0.177. The molecule has 1 heterocycles. The second-order valence-corrected chi connectivity index (χ2v) is 2.45. The number of hydrogen-bond donors (Lipinski definition) is 1. The first-order valence-corrected chi connectivity index (χ1v) is 3.68. The van der Waals surface area contributed by atoms with E-state index in [0.717, 1.165) is 6.42 Å². The number of hydrogen-bond acceptors (Lipinski definition) is 3. The van der Waals surface area contributed by atoms with Crippen molar-refractivity contribution in [2.75, 3.05) is 6.54 Å². The Morgan fingerprint density at radius 2 is 2.45 bits per heavy atom. The van der Waals surface area contributed by atoms with Gasteiger partial charge in [0.05, 0.1) is 0 Å². The fourth-order valence-corrected chi connectivity index (χ4v) is 0.787. The van der Waals surface area contributed by atoms with Crippen LogP contribution in [0.5, 0.6) is 0 Å². The Morgan fingerprint density at radius 3 is 2.91 bits per heavy atom. The first-order chi connectivity index (χ1) is 5.29. The van der Waals surface area contributed by atoms with E-state index in [0.29, 0.717) is 12.8 Å². The Bertz CT molecular complexity index is 169. The molecule has 0 bridgehead atoms. The Balaban J connectivity index is 2.17. The van der Waals surface area contributed by atoms with Crippen LogP contribution in [0.1, 0.15) is 13.3 Å². The second kappa shape index (κ2) is 3.48. The van der Waals surface area contributed by atoms with Gasteiger partial charge in [-0.15, -0.1) is 0 Å². The Kier molecular flexibility index (Phi) is 2.59. The van der Waals surface area contributed by atoms with E-state index in [2.05, 4.69) is 5.32 Å². The summed E-state index contributed by atoms with van der Waals surface area (Å²) in [6.07, 6.45) is 0.534. The van der Waals surface area contributed by atoms with E-state index in [1.54, 1.807) is 0 Å². The van der Waals surface area contributed by atoms with Crippen LogP contribution >= 0.6 is 0 Å². The zero-order valence-electron chi connectivity index (χ0n) is 6.37. The van der Waals surface area contributed by atoms with Crippen LogP contribution < -0.4 is 5.32 Å². The van der Waals surface area contributed by atoms with Crippen LogP contribution in [0, 0.1) is 0 Å². The molecule has 0 aromatic heterocycles. The van der Waals surface area contributed by atoms with Crippen molar-refractivity contribution in [2.45, 2.75) is 25.6 Å². The lowest BCUT2D eigenvalue weighted by Gasteiger charge is -1.97. The highest BCUT2D eigenvalue weighted by Gasteiger charge is 2.44. The first kappa shape index (κ1) is 8.20. The number of aldehydes is 1. The number of rotatable bonds is 4. The smallest absolute Gasteiger partial charge is 0.252 e. The topological polar surface area (TPSA) is 58.7 Å². The molecule has 0 aromatic carbocycles. The summed E-state index contributed by atoms with van der Waals surface area (Å²) in [5, 5.41) is 2.64. The molecule has 1 aliphatic heterocycles. The maximum absolute atomic E-state index is 10.9. The summed E-state index contributed by atoms with van der Waals surface area (Å²) < 4.78 is 4.74. The Labute approximate surface area is 64.9 Å². The van der Waals surface area contributed by atoms with Gasteiger partial charge in [0.25, 0.3) is 5.91 Å². The molecule has 4 heteroatoms. The maximum atomic E-state index is 10.9. The monoisotopic (exact) mass is 157 g/mol. The lowest BCUT2D eigenvalue weighted by molar-refractivity contribution is -0.122. The minimum atomic E-state index is -0.515. The average molecular weight is 157 g/mol. The highest BCUT2D eigenvalue weighted by atomic mass is 16.6. The summed E-state index contributed by atoms with van der Waals surface area (Å²) in [7, 11) is 0. The molecule has 0 aromatic rings. The SMILES string of the molecule is CCCNC(=O)[C@H]1O[C@@H]1C=O. The van der Waals surface area contributed by atoms with Crippen molar-refractivity contribution in [3.63, 3.8) is 0 Å². The van der Waals surface area contributed by atoms with Crippen molar-refractivity contribution in [2.24, 2.45) is 0 Å². The summed E-state index contributed by atoms with van der Waals surface area (Å²) in [5.74, 6) is -0.177. The van der Waals surface area contributed by atoms with Gasteiger partial charge in [-0.2, -0.15) is 0 Å². The third kappa shape index (κ3) is 2.01. The Morgan fingerprint density at radius 1 is 1.73 bits per heavy atom. The molecule has 1 aliphatic rings. The molecule has 4 nitrogen and oxygen atoms in total. The summed E-state index contributed by atoms with van der Waals surface area (Å²) in [5.41, 5.74) is 0. The quantitative estimate of drug-likeness (QED) is 0.441. The van der Waals surface area contributed by atoms with Crippen LogP contribution in [0.4, 0.5) is 0 Å². The van der Waals surface area contributed by atoms with Crippen molar-refractivity contribution < 1.29 is 14.3 Å². The van der Waals surface area contributed by atoms with E-state index in [4.69, 9.17) is 4.74 Å². The van der Waals surface area contributed by atoms with Crippen molar-refractivity contribution >= 4 is 12.2 Å². The van der Waals surface area contributed by atoms with Crippen molar-refractivity contribution in [1.29, 1.82) is 0 Å². The fraction of sp³-hybridized carbons (Fsp3) is 0.714. The first-order valence-electron chi connectivity index (χ1n) is 3.68. The van der Waals surface area contributed by atoms with E-state index in [1.807, 2.05) is 6.92 Å². The molecule has 0 spiro atoms. The molecular weight excluding hydrogens is 146 g/mol. The molecule has 62 valence electrons. The van der Waals surface area contributed by atoms with Crippen molar-refractivity contribution in [3.05, 3.63) is 0 Å². The summed E-state index contributed by atoms with van der Waals surface area (Å²) in [6.45, 7) is 2.61.